The van der Waals surface area contributed by atoms with Crippen LogP contribution in [0.1, 0.15) is 0 Å². The molecule has 8 heavy (non-hydrogen) atoms. The molecule has 0 atom stereocenters. The van der Waals surface area contributed by atoms with Gasteiger partial charge in [-0.05, 0) is 0 Å². The molecule has 0 radical (unpaired) electrons. The first-order valence-electron chi connectivity index (χ1n) is 1.22. The third-order valence-corrected chi connectivity index (χ3v) is 0.167. The van der Waals surface area contributed by atoms with Crippen LogP contribution >= 0.6 is 0 Å². The van der Waals surface area contributed by atoms with Crippen molar-refractivity contribution in [2.24, 2.45) is 0 Å². The summed E-state index contributed by atoms with van der Waals surface area (Å²) in [5.74, 6) is 0. The van der Waals surface area contributed by atoms with Crippen LogP contribution in [0.15, 0.2) is 0 Å². The van der Waals surface area contributed by atoms with Gasteiger partial charge in [0.25, 0.3) is 12.3 Å². The maximum atomic E-state index is 9.06. The van der Waals surface area contributed by atoms with Crippen LogP contribution in [0.4, 0.5) is 9.59 Å². The summed E-state index contributed by atoms with van der Waals surface area (Å²) in [6.45, 7) is 0. The standard InChI is InChI=1S/C2H2O5.Fe/c3-1(4)7-2(5)6;/h(H,3,4)(H,5,6);/q;+2/p-2. The molecule has 0 aromatic heterocycles. The van der Waals surface area contributed by atoms with E-state index in [9.17, 15) is 0 Å². The van der Waals surface area contributed by atoms with Crippen LogP contribution in [0.25, 0.3) is 0 Å². The van der Waals surface area contributed by atoms with Crippen molar-refractivity contribution in [1.29, 1.82) is 0 Å². The summed E-state index contributed by atoms with van der Waals surface area (Å²) in [6.07, 6.45) is -4.25. The predicted molar refractivity (Wildman–Crippen MR) is 11.9 cm³/mol. The smallest absolute Gasteiger partial charge is 0.483 e. The first kappa shape index (κ1) is 10.3. The molecule has 0 aliphatic heterocycles. The zero-order chi connectivity index (χ0) is 5.86. The Hall–Kier alpha value is -0.741. The van der Waals surface area contributed by atoms with Crippen molar-refractivity contribution in [3.05, 3.63) is 0 Å². The molecule has 0 aliphatic carbocycles. The van der Waals surface area contributed by atoms with Gasteiger partial charge < -0.3 is 24.5 Å². The fourth-order valence-electron chi connectivity index (χ4n) is 0.0680. The summed E-state index contributed by atoms with van der Waals surface area (Å²) in [6, 6.07) is 0. The minimum Gasteiger partial charge on any atom is -0.483 e. The molecule has 0 aliphatic rings. The topological polar surface area (TPSA) is 89.5 Å². The third kappa shape index (κ3) is 8.98. The second kappa shape index (κ2) is 4.42. The average molecular weight is 160 g/mol. The molecule has 0 rings (SSSR count). The average Bonchev–Trinajstić information content (AvgIpc) is 1.27. The van der Waals surface area contributed by atoms with E-state index in [2.05, 4.69) is 4.74 Å². The molecule has 0 heterocycles. The van der Waals surface area contributed by atoms with E-state index in [0.717, 1.165) is 0 Å². The number of hydrogen-bond acceptors (Lipinski definition) is 5. The molecular weight excluding hydrogens is 160 g/mol. The van der Waals surface area contributed by atoms with E-state index in [4.69, 9.17) is 19.8 Å². The molecule has 0 saturated carbocycles. The summed E-state index contributed by atoms with van der Waals surface area (Å²) in [5, 5.41) is 18.1. The van der Waals surface area contributed by atoms with Crippen molar-refractivity contribution < 1.29 is 41.6 Å². The molecule has 0 aromatic carbocycles. The maximum Gasteiger partial charge on any atom is 2.00 e. The minimum absolute atomic E-state index is 0. The van der Waals surface area contributed by atoms with Gasteiger partial charge in [-0.15, -0.1) is 0 Å². The molecule has 46 valence electrons. The van der Waals surface area contributed by atoms with E-state index in [-0.39, 0.29) is 17.1 Å². The predicted octanol–water partition coefficient (Wildman–Crippen LogP) is -2.31. The van der Waals surface area contributed by atoms with Gasteiger partial charge in [0.05, 0.1) is 0 Å². The molecule has 0 unspecified atom stereocenters. The van der Waals surface area contributed by atoms with E-state index in [0.29, 0.717) is 0 Å². The Morgan fingerprint density at radius 3 is 1.38 bits per heavy atom. The van der Waals surface area contributed by atoms with Gasteiger partial charge in [0.2, 0.25) is 0 Å². The van der Waals surface area contributed by atoms with Crippen molar-refractivity contribution in [3.63, 3.8) is 0 Å². The van der Waals surface area contributed by atoms with Crippen molar-refractivity contribution in [2.75, 3.05) is 0 Å². The number of ether oxygens (including phenoxy) is 1. The summed E-state index contributed by atoms with van der Waals surface area (Å²) in [4.78, 5) is 18.1. The Kier molecular flexibility index (Phi) is 5.68. The van der Waals surface area contributed by atoms with Crippen LogP contribution in [0.3, 0.4) is 0 Å². The summed E-state index contributed by atoms with van der Waals surface area (Å²) >= 11 is 0. The van der Waals surface area contributed by atoms with Gasteiger partial charge in [-0.2, -0.15) is 0 Å². The summed E-state index contributed by atoms with van der Waals surface area (Å²) < 4.78 is 2.86. The van der Waals surface area contributed by atoms with Crippen molar-refractivity contribution in [3.8, 4) is 0 Å². The van der Waals surface area contributed by atoms with Crippen LogP contribution in [-0.4, -0.2) is 12.3 Å². The van der Waals surface area contributed by atoms with Crippen LogP contribution in [0.5, 0.6) is 0 Å². The Bertz CT molecular complexity index is 86.6. The molecule has 0 spiro atoms. The number of carbonyl (C=O) groups excluding carboxylic acids is 2. The van der Waals surface area contributed by atoms with Crippen LogP contribution in [-0.2, 0) is 21.8 Å². The van der Waals surface area contributed by atoms with Gasteiger partial charge in [0, 0.05) is 0 Å². The molecule has 0 N–H and O–H groups in total. The molecule has 0 amide bonds. The van der Waals surface area contributed by atoms with Crippen molar-refractivity contribution in [2.45, 2.75) is 0 Å². The number of rotatable bonds is 0. The van der Waals surface area contributed by atoms with Gasteiger partial charge in [-0.25, -0.2) is 0 Å². The molecule has 5 nitrogen and oxygen atoms in total. The van der Waals surface area contributed by atoms with Gasteiger partial charge in [0.15, 0.2) is 0 Å². The second-order valence-corrected chi connectivity index (χ2v) is 0.602. The Labute approximate surface area is 54.7 Å². The van der Waals surface area contributed by atoms with Crippen molar-refractivity contribution >= 4 is 12.3 Å². The van der Waals surface area contributed by atoms with E-state index >= 15 is 0 Å². The summed E-state index contributed by atoms with van der Waals surface area (Å²) in [7, 11) is 0. The van der Waals surface area contributed by atoms with Gasteiger partial charge in [-0.3, -0.25) is 0 Å². The van der Waals surface area contributed by atoms with Crippen LogP contribution in [0.2, 0.25) is 0 Å². The van der Waals surface area contributed by atoms with Crippen LogP contribution in [0, 0.1) is 0 Å². The Morgan fingerprint density at radius 1 is 1.12 bits per heavy atom. The molecule has 0 aromatic rings. The quantitative estimate of drug-likeness (QED) is 0.225. The van der Waals surface area contributed by atoms with Gasteiger partial charge in [-0.1, -0.05) is 0 Å². The van der Waals surface area contributed by atoms with E-state index in [1.54, 1.807) is 0 Å². The number of carbonyl (C=O) groups is 2. The largest absolute Gasteiger partial charge is 2.00 e. The van der Waals surface area contributed by atoms with E-state index < -0.39 is 12.3 Å². The number of hydrogen-bond donors (Lipinski definition) is 0. The minimum atomic E-state index is -2.12. The molecular formula is C2FeO5. The van der Waals surface area contributed by atoms with E-state index in [1.807, 2.05) is 0 Å². The summed E-state index contributed by atoms with van der Waals surface area (Å²) in [5.41, 5.74) is 0. The fraction of sp³-hybridized carbons (Fsp3) is 0. The number of carboxylic acid groups (broad SMARTS) is 2. The van der Waals surface area contributed by atoms with Gasteiger partial charge in [0.1, 0.15) is 0 Å². The zero-order valence-corrected chi connectivity index (χ0v) is 4.50. The van der Waals surface area contributed by atoms with Gasteiger partial charge >= 0.3 is 17.1 Å². The Morgan fingerprint density at radius 2 is 1.38 bits per heavy atom. The fourth-order valence-corrected chi connectivity index (χ4v) is 0.0680. The first-order chi connectivity index (χ1) is 3.13. The SMILES string of the molecule is O=C([O-])OC(=O)[O-].[Fe+2]. The zero-order valence-electron chi connectivity index (χ0n) is 3.39. The van der Waals surface area contributed by atoms with Crippen molar-refractivity contribution in [1.82, 2.24) is 0 Å². The maximum absolute atomic E-state index is 9.06. The molecule has 0 bridgehead atoms. The molecule has 0 saturated heterocycles. The monoisotopic (exact) mass is 160 g/mol. The first-order valence-corrected chi connectivity index (χ1v) is 1.22. The molecule has 6 heteroatoms. The second-order valence-electron chi connectivity index (χ2n) is 0.602. The normalized spacial score (nSPS) is 6.50. The van der Waals surface area contributed by atoms with Crippen LogP contribution < -0.4 is 10.2 Å². The third-order valence-electron chi connectivity index (χ3n) is 0.167. The Balaban J connectivity index is 0. The van der Waals surface area contributed by atoms with E-state index in [1.165, 1.54) is 0 Å². The molecule has 0 fully saturated rings.